The molecule has 0 aliphatic heterocycles. The first-order valence-corrected chi connectivity index (χ1v) is 4.65. The number of hydrogen-bond acceptors (Lipinski definition) is 6. The number of aromatic nitrogens is 4. The van der Waals surface area contributed by atoms with Crippen LogP contribution in [0, 0.1) is 0 Å². The quantitative estimate of drug-likeness (QED) is 0.328. The molecule has 0 radical (unpaired) electrons. The zero-order valence-corrected chi connectivity index (χ0v) is 8.98. The van der Waals surface area contributed by atoms with Crippen LogP contribution in [0.5, 0.6) is 5.75 Å². The molecule has 0 saturated carbocycles. The Morgan fingerprint density at radius 1 is 1.53 bits per heavy atom. The van der Waals surface area contributed by atoms with Crippen molar-refractivity contribution in [3.05, 3.63) is 30.1 Å². The van der Waals surface area contributed by atoms with E-state index in [0.29, 0.717) is 17.0 Å². The number of oxime groups is 1. The number of nitrogens with zero attached hydrogens (tertiary/aromatic N) is 5. The molecule has 0 aliphatic carbocycles. The van der Waals surface area contributed by atoms with Gasteiger partial charge in [0.05, 0.1) is 7.11 Å². The van der Waals surface area contributed by atoms with E-state index in [0.717, 1.165) is 0 Å². The molecule has 0 unspecified atom stereocenters. The van der Waals surface area contributed by atoms with E-state index in [2.05, 4.69) is 20.7 Å². The van der Waals surface area contributed by atoms with Crippen LogP contribution in [-0.4, -0.2) is 38.4 Å². The van der Waals surface area contributed by atoms with Crippen molar-refractivity contribution in [2.75, 3.05) is 7.11 Å². The van der Waals surface area contributed by atoms with Crippen LogP contribution >= 0.6 is 0 Å². The summed E-state index contributed by atoms with van der Waals surface area (Å²) in [6.07, 6.45) is 1.42. The van der Waals surface area contributed by atoms with Crippen molar-refractivity contribution < 1.29 is 9.94 Å². The third kappa shape index (κ3) is 2.00. The van der Waals surface area contributed by atoms with E-state index in [1.807, 2.05) is 0 Å². The van der Waals surface area contributed by atoms with Crippen molar-refractivity contribution in [3.8, 4) is 11.4 Å². The van der Waals surface area contributed by atoms with Crippen molar-refractivity contribution in [3.63, 3.8) is 0 Å². The van der Waals surface area contributed by atoms with Gasteiger partial charge in [0.25, 0.3) is 0 Å². The van der Waals surface area contributed by atoms with Gasteiger partial charge < -0.3 is 15.7 Å². The lowest BCUT2D eigenvalue weighted by molar-refractivity contribution is 0.318. The maximum absolute atomic E-state index is 8.62. The summed E-state index contributed by atoms with van der Waals surface area (Å²) in [4.78, 5) is 0. The number of tetrazole rings is 1. The van der Waals surface area contributed by atoms with Crippen molar-refractivity contribution in [2.24, 2.45) is 10.9 Å². The highest BCUT2D eigenvalue weighted by Gasteiger charge is 2.09. The van der Waals surface area contributed by atoms with Gasteiger partial charge in [0.15, 0.2) is 5.84 Å². The molecular weight excluding hydrogens is 224 g/mol. The van der Waals surface area contributed by atoms with Crippen LogP contribution in [0.4, 0.5) is 0 Å². The number of benzene rings is 1. The first kappa shape index (κ1) is 10.9. The highest BCUT2D eigenvalue weighted by atomic mass is 16.5. The second kappa shape index (κ2) is 4.47. The molecule has 0 aliphatic rings. The highest BCUT2D eigenvalue weighted by Crippen LogP contribution is 2.22. The molecule has 88 valence electrons. The third-order valence-corrected chi connectivity index (χ3v) is 2.18. The Morgan fingerprint density at radius 2 is 2.35 bits per heavy atom. The Kier molecular flexibility index (Phi) is 2.86. The summed E-state index contributed by atoms with van der Waals surface area (Å²) in [5, 5.41) is 22.4. The number of hydrogen-bond donors (Lipinski definition) is 2. The van der Waals surface area contributed by atoms with E-state index >= 15 is 0 Å². The third-order valence-electron chi connectivity index (χ3n) is 2.18. The van der Waals surface area contributed by atoms with E-state index in [1.165, 1.54) is 18.1 Å². The van der Waals surface area contributed by atoms with Gasteiger partial charge in [-0.1, -0.05) is 5.16 Å². The molecule has 1 heterocycles. The van der Waals surface area contributed by atoms with E-state index in [-0.39, 0.29) is 5.84 Å². The molecule has 1 aromatic carbocycles. The van der Waals surface area contributed by atoms with Crippen LogP contribution in [-0.2, 0) is 0 Å². The van der Waals surface area contributed by atoms with Gasteiger partial charge in [-0.25, -0.2) is 0 Å². The maximum Gasteiger partial charge on any atom is 0.170 e. The van der Waals surface area contributed by atoms with Gasteiger partial charge in [0, 0.05) is 5.56 Å². The molecule has 0 atom stereocenters. The summed E-state index contributed by atoms with van der Waals surface area (Å²) in [6.45, 7) is 0. The largest absolute Gasteiger partial charge is 0.494 e. The summed E-state index contributed by atoms with van der Waals surface area (Å²) in [7, 11) is 1.53. The standard InChI is InChI=1S/C9H10N6O2/c1-17-8-3-2-6(9(10)12-16)4-7(8)15-5-11-13-14-15/h2-5,16H,1H3,(H2,10,12). The van der Waals surface area contributed by atoms with Gasteiger partial charge >= 0.3 is 0 Å². The maximum atomic E-state index is 8.62. The number of ether oxygens (including phenoxy) is 1. The zero-order valence-electron chi connectivity index (χ0n) is 8.98. The van der Waals surface area contributed by atoms with Gasteiger partial charge in [-0.2, -0.15) is 4.68 Å². The molecule has 2 rings (SSSR count). The van der Waals surface area contributed by atoms with Gasteiger partial charge in [-0.15, -0.1) is 5.10 Å². The number of nitrogens with two attached hydrogens (primary N) is 1. The van der Waals surface area contributed by atoms with Crippen molar-refractivity contribution in [1.82, 2.24) is 20.2 Å². The monoisotopic (exact) mass is 234 g/mol. The molecule has 17 heavy (non-hydrogen) atoms. The predicted molar refractivity (Wildman–Crippen MR) is 58.2 cm³/mol. The lowest BCUT2D eigenvalue weighted by Crippen LogP contribution is -2.14. The second-order valence-electron chi connectivity index (χ2n) is 3.13. The number of amidine groups is 1. The van der Waals surface area contributed by atoms with Crippen molar-refractivity contribution in [1.29, 1.82) is 0 Å². The van der Waals surface area contributed by atoms with Gasteiger partial charge in [0.1, 0.15) is 17.8 Å². The molecule has 3 N–H and O–H groups in total. The number of rotatable bonds is 3. The molecule has 0 saturated heterocycles. The lowest BCUT2D eigenvalue weighted by atomic mass is 10.1. The Balaban J connectivity index is 2.55. The Hall–Kier alpha value is -2.64. The molecule has 8 nitrogen and oxygen atoms in total. The Morgan fingerprint density at radius 3 is 2.94 bits per heavy atom. The fourth-order valence-corrected chi connectivity index (χ4v) is 1.36. The fourth-order valence-electron chi connectivity index (χ4n) is 1.36. The van der Waals surface area contributed by atoms with E-state index < -0.39 is 0 Å². The summed E-state index contributed by atoms with van der Waals surface area (Å²) in [5.74, 6) is 0.578. The average molecular weight is 234 g/mol. The normalized spacial score (nSPS) is 11.5. The second-order valence-corrected chi connectivity index (χ2v) is 3.13. The van der Waals surface area contributed by atoms with Crippen LogP contribution in [0.25, 0.3) is 5.69 Å². The van der Waals surface area contributed by atoms with E-state index in [4.69, 9.17) is 15.7 Å². The van der Waals surface area contributed by atoms with Crippen molar-refractivity contribution in [2.45, 2.75) is 0 Å². The average Bonchev–Trinajstić information content (AvgIpc) is 2.90. The molecule has 1 aromatic heterocycles. The van der Waals surface area contributed by atoms with Crippen molar-refractivity contribution >= 4 is 5.84 Å². The van der Waals surface area contributed by atoms with E-state index in [9.17, 15) is 0 Å². The first-order valence-electron chi connectivity index (χ1n) is 4.65. The SMILES string of the molecule is COc1ccc(C(N)=NO)cc1-n1cnnn1. The minimum atomic E-state index is 0.00183. The Labute approximate surface area is 96.3 Å². The predicted octanol–water partition coefficient (Wildman–Crippen LogP) is -0.235. The van der Waals surface area contributed by atoms with Crippen LogP contribution in [0.15, 0.2) is 29.7 Å². The molecule has 0 spiro atoms. The van der Waals surface area contributed by atoms with Gasteiger partial charge in [0.2, 0.25) is 0 Å². The molecule has 0 bridgehead atoms. The van der Waals surface area contributed by atoms with Crippen LogP contribution in [0.3, 0.4) is 0 Å². The summed E-state index contributed by atoms with van der Waals surface area (Å²) < 4.78 is 6.60. The minimum absolute atomic E-state index is 0.00183. The smallest absolute Gasteiger partial charge is 0.170 e. The summed E-state index contributed by atoms with van der Waals surface area (Å²) in [6, 6.07) is 5.01. The first-order chi connectivity index (χ1) is 8.26. The van der Waals surface area contributed by atoms with Gasteiger partial charge in [-0.3, -0.25) is 0 Å². The van der Waals surface area contributed by atoms with E-state index in [1.54, 1.807) is 18.2 Å². The zero-order chi connectivity index (χ0) is 12.3. The minimum Gasteiger partial charge on any atom is -0.494 e. The molecule has 0 amide bonds. The van der Waals surface area contributed by atoms with Gasteiger partial charge in [-0.05, 0) is 28.6 Å². The van der Waals surface area contributed by atoms with Crippen LogP contribution < -0.4 is 10.5 Å². The van der Waals surface area contributed by atoms with Crippen LogP contribution in [0.1, 0.15) is 5.56 Å². The topological polar surface area (TPSA) is 111 Å². The fraction of sp³-hybridized carbons (Fsp3) is 0.111. The Bertz CT molecular complexity index is 536. The van der Waals surface area contributed by atoms with Crippen LogP contribution in [0.2, 0.25) is 0 Å². The lowest BCUT2D eigenvalue weighted by Gasteiger charge is -2.08. The molecular formula is C9H10N6O2. The summed E-state index contributed by atoms with van der Waals surface area (Å²) in [5.41, 5.74) is 6.65. The molecule has 0 fully saturated rings. The molecule has 2 aromatic rings. The number of methoxy groups -OCH3 is 1. The highest BCUT2D eigenvalue weighted by molar-refractivity contribution is 5.97. The summed E-state index contributed by atoms with van der Waals surface area (Å²) >= 11 is 0. The molecule has 8 heteroatoms.